The molecule has 5 rings (SSSR count). The zero-order valence-corrected chi connectivity index (χ0v) is 26.5. The van der Waals surface area contributed by atoms with Crippen molar-refractivity contribution in [1.29, 1.82) is 0 Å². The van der Waals surface area contributed by atoms with Gasteiger partial charge in [-0.2, -0.15) is 13.2 Å². The smallest absolute Gasteiger partial charge is 0.416 e. The van der Waals surface area contributed by atoms with E-state index in [0.29, 0.717) is 55.8 Å². The number of nitrogens with zero attached hydrogens (tertiary/aromatic N) is 3. The van der Waals surface area contributed by atoms with Crippen LogP contribution in [0.2, 0.25) is 0 Å². The first-order valence-corrected chi connectivity index (χ1v) is 15.8. The van der Waals surface area contributed by atoms with E-state index in [-0.39, 0.29) is 38.7 Å². The van der Waals surface area contributed by atoms with E-state index < -0.39 is 46.7 Å². The normalized spacial score (nSPS) is 24.0. The van der Waals surface area contributed by atoms with Crippen LogP contribution in [0, 0.1) is 5.92 Å². The molecule has 2 N–H and O–H groups in total. The van der Waals surface area contributed by atoms with Gasteiger partial charge in [0.25, 0.3) is 5.91 Å². The van der Waals surface area contributed by atoms with Gasteiger partial charge in [0.2, 0.25) is 5.67 Å². The number of carboxylic acid groups (broad SMARTS) is 1. The Kier molecular flexibility index (Phi) is 9.62. The number of benzene rings is 2. The van der Waals surface area contributed by atoms with E-state index in [9.17, 15) is 33.0 Å². The minimum absolute atomic E-state index is 0.153. The van der Waals surface area contributed by atoms with Crippen molar-refractivity contribution < 1.29 is 42.1 Å². The average Bonchev–Trinajstić information content (AvgIpc) is 3.43. The maximum Gasteiger partial charge on any atom is 0.416 e. The van der Waals surface area contributed by atoms with Gasteiger partial charge < -0.3 is 24.7 Å². The standard InChI is InChI=1S/C34H43F4N3O5/c1-32(2,21-42)41-19-28(23-4-7-26(46-3)8-5-23)33(35,20-41)31(45)40-16-10-22(11-17-40)27-9-6-25(34(36,37)38)18-29(27)39-14-12-24(13-15-39)30(43)44/h4-9,18,22,24,28,42H,10-17,19-21H2,1-3H3,(H,43,44)/t28-,33-/m0/s1. The van der Waals surface area contributed by atoms with Gasteiger partial charge in [-0.1, -0.05) is 18.2 Å². The minimum atomic E-state index is -4.53. The van der Waals surface area contributed by atoms with Crippen molar-refractivity contribution in [2.75, 3.05) is 57.9 Å². The van der Waals surface area contributed by atoms with E-state index in [1.165, 1.54) is 18.1 Å². The van der Waals surface area contributed by atoms with Crippen molar-refractivity contribution in [3.05, 3.63) is 59.2 Å². The Morgan fingerprint density at radius 3 is 2.15 bits per heavy atom. The maximum absolute atomic E-state index is 17.2. The first kappa shape index (κ1) is 34.0. The lowest BCUT2D eigenvalue weighted by molar-refractivity contribution is -0.146. The number of carboxylic acids is 1. The molecule has 1 amide bonds. The fourth-order valence-corrected chi connectivity index (χ4v) is 7.16. The highest BCUT2D eigenvalue weighted by Crippen LogP contribution is 2.45. The van der Waals surface area contributed by atoms with E-state index in [4.69, 9.17) is 4.74 Å². The van der Waals surface area contributed by atoms with Crippen molar-refractivity contribution in [3.8, 4) is 5.75 Å². The molecule has 0 aromatic heterocycles. The molecule has 12 heteroatoms. The van der Waals surface area contributed by atoms with Crippen LogP contribution in [0.3, 0.4) is 0 Å². The molecule has 8 nitrogen and oxygen atoms in total. The number of amides is 1. The molecular formula is C34H43F4N3O5. The average molecular weight is 650 g/mol. The molecule has 0 spiro atoms. The number of methoxy groups -OCH3 is 1. The molecule has 3 saturated heterocycles. The number of hydrogen-bond donors (Lipinski definition) is 2. The molecule has 0 bridgehead atoms. The number of alkyl halides is 4. The monoisotopic (exact) mass is 649 g/mol. The van der Waals surface area contributed by atoms with E-state index in [2.05, 4.69) is 0 Å². The fourth-order valence-electron chi connectivity index (χ4n) is 7.16. The molecule has 2 atom stereocenters. The van der Waals surface area contributed by atoms with Gasteiger partial charge >= 0.3 is 12.1 Å². The van der Waals surface area contributed by atoms with Crippen molar-refractivity contribution in [3.63, 3.8) is 0 Å². The molecule has 0 aliphatic carbocycles. The van der Waals surface area contributed by atoms with Crippen LogP contribution in [-0.4, -0.2) is 96.1 Å². The quantitative estimate of drug-likeness (QED) is 0.375. The second-order valence-corrected chi connectivity index (χ2v) is 13.5. The van der Waals surface area contributed by atoms with Gasteiger partial charge in [-0.15, -0.1) is 0 Å². The summed E-state index contributed by atoms with van der Waals surface area (Å²) in [6.45, 7) is 4.64. The van der Waals surface area contributed by atoms with E-state index in [0.717, 1.165) is 17.7 Å². The molecule has 3 aliphatic heterocycles. The Labute approximate surface area is 266 Å². The largest absolute Gasteiger partial charge is 0.497 e. The lowest BCUT2D eigenvalue weighted by Gasteiger charge is -2.39. The number of hydrogen-bond acceptors (Lipinski definition) is 6. The number of halogens is 4. The molecular weight excluding hydrogens is 606 g/mol. The number of ether oxygens (including phenoxy) is 1. The Morgan fingerprint density at radius 1 is 0.978 bits per heavy atom. The zero-order chi connectivity index (χ0) is 33.4. The molecule has 0 unspecified atom stereocenters. The molecule has 3 heterocycles. The van der Waals surface area contributed by atoms with E-state index >= 15 is 4.39 Å². The SMILES string of the molecule is COc1ccc([C@@H]2CN(C(C)(C)CO)C[C@@]2(F)C(=O)N2CCC(c3ccc(C(F)(F)F)cc3N3CCC(C(=O)O)CC3)CC2)cc1. The highest BCUT2D eigenvalue weighted by molar-refractivity contribution is 5.87. The summed E-state index contributed by atoms with van der Waals surface area (Å²) in [5.74, 6) is -2.35. The number of aliphatic hydroxyl groups is 1. The molecule has 0 saturated carbocycles. The Morgan fingerprint density at radius 2 is 1.61 bits per heavy atom. The number of aliphatic carboxylic acids is 1. The van der Waals surface area contributed by atoms with Crippen molar-refractivity contribution in [2.45, 2.75) is 68.8 Å². The van der Waals surface area contributed by atoms with E-state index in [1.54, 1.807) is 24.3 Å². The van der Waals surface area contributed by atoms with Gasteiger partial charge in [0, 0.05) is 56.4 Å². The maximum atomic E-state index is 17.2. The third-order valence-electron chi connectivity index (χ3n) is 10.3. The number of piperidine rings is 2. The summed E-state index contributed by atoms with van der Waals surface area (Å²) < 4.78 is 63.6. The molecule has 0 radical (unpaired) electrons. The first-order valence-electron chi connectivity index (χ1n) is 15.8. The summed E-state index contributed by atoms with van der Waals surface area (Å²) in [4.78, 5) is 30.7. The molecule has 2 aromatic rings. The number of carbonyl (C=O) groups excluding carboxylic acids is 1. The van der Waals surface area contributed by atoms with Crippen LogP contribution >= 0.6 is 0 Å². The van der Waals surface area contributed by atoms with Crippen LogP contribution in [-0.2, 0) is 15.8 Å². The predicted octanol–water partition coefficient (Wildman–Crippen LogP) is 5.30. The Balaban J connectivity index is 1.36. The van der Waals surface area contributed by atoms with Gasteiger partial charge in [-0.05, 0) is 80.8 Å². The molecule has 2 aromatic carbocycles. The van der Waals surface area contributed by atoms with Crippen LogP contribution < -0.4 is 9.64 Å². The minimum Gasteiger partial charge on any atom is -0.497 e. The summed E-state index contributed by atoms with van der Waals surface area (Å²) >= 11 is 0. The van der Waals surface area contributed by atoms with Crippen LogP contribution in [0.15, 0.2) is 42.5 Å². The molecule has 46 heavy (non-hydrogen) atoms. The van der Waals surface area contributed by atoms with E-state index in [1.807, 2.05) is 23.6 Å². The number of anilines is 1. The van der Waals surface area contributed by atoms with Gasteiger partial charge in [-0.3, -0.25) is 14.5 Å². The van der Waals surface area contributed by atoms with Crippen molar-refractivity contribution in [1.82, 2.24) is 9.80 Å². The predicted molar refractivity (Wildman–Crippen MR) is 165 cm³/mol. The number of rotatable bonds is 8. The first-order chi connectivity index (χ1) is 21.7. The summed E-state index contributed by atoms with van der Waals surface area (Å²) in [6, 6.07) is 10.7. The van der Waals surface area contributed by atoms with Gasteiger partial charge in [-0.25, -0.2) is 4.39 Å². The number of likely N-dealkylation sites (tertiary alicyclic amines) is 2. The summed E-state index contributed by atoms with van der Waals surface area (Å²) in [5, 5.41) is 19.4. The fraction of sp³-hybridized carbons (Fsp3) is 0.588. The van der Waals surface area contributed by atoms with Crippen LogP contribution in [0.4, 0.5) is 23.2 Å². The summed E-state index contributed by atoms with van der Waals surface area (Å²) in [5.41, 5.74) is -1.92. The van der Waals surface area contributed by atoms with Gasteiger partial charge in [0.15, 0.2) is 0 Å². The number of carbonyl (C=O) groups is 2. The summed E-state index contributed by atoms with van der Waals surface area (Å²) in [6.07, 6.45) is -2.94. The van der Waals surface area contributed by atoms with Crippen molar-refractivity contribution in [2.24, 2.45) is 5.92 Å². The molecule has 3 fully saturated rings. The topological polar surface area (TPSA) is 93.6 Å². The zero-order valence-electron chi connectivity index (χ0n) is 26.5. The second kappa shape index (κ2) is 13.0. The Bertz CT molecular complexity index is 1400. The molecule has 3 aliphatic rings. The number of aliphatic hydroxyl groups excluding tert-OH is 1. The van der Waals surface area contributed by atoms with Gasteiger partial charge in [0.1, 0.15) is 5.75 Å². The van der Waals surface area contributed by atoms with Crippen molar-refractivity contribution >= 4 is 17.6 Å². The van der Waals surface area contributed by atoms with Crippen LogP contribution in [0.1, 0.15) is 68.1 Å². The lowest BCUT2D eigenvalue weighted by Crippen LogP contribution is -2.54. The Hall–Kier alpha value is -3.38. The highest BCUT2D eigenvalue weighted by Gasteiger charge is 2.57. The second-order valence-electron chi connectivity index (χ2n) is 13.5. The third-order valence-corrected chi connectivity index (χ3v) is 10.3. The molecule has 252 valence electrons. The van der Waals surface area contributed by atoms with Gasteiger partial charge in [0.05, 0.1) is 25.2 Å². The lowest BCUT2D eigenvalue weighted by atomic mass is 9.83. The summed E-state index contributed by atoms with van der Waals surface area (Å²) in [7, 11) is 1.54. The van der Waals surface area contributed by atoms with Crippen LogP contribution in [0.5, 0.6) is 5.75 Å². The highest BCUT2D eigenvalue weighted by atomic mass is 19.4. The third kappa shape index (κ3) is 6.69. The van der Waals surface area contributed by atoms with Crippen LogP contribution in [0.25, 0.3) is 0 Å².